The minimum atomic E-state index is -1.36. The number of carbonyl (C=O) groups is 1. The maximum absolute atomic E-state index is 11.8. The van der Waals surface area contributed by atoms with E-state index in [-0.39, 0.29) is 6.61 Å². The Bertz CT molecular complexity index is 377. The molecule has 0 amide bonds. The van der Waals surface area contributed by atoms with Crippen molar-refractivity contribution in [1.82, 2.24) is 0 Å². The molecule has 2 unspecified atom stereocenters. The van der Waals surface area contributed by atoms with Gasteiger partial charge in [-0.1, -0.05) is 37.3 Å². The van der Waals surface area contributed by atoms with Gasteiger partial charge in [0, 0.05) is 7.11 Å². The molecule has 0 aliphatic carbocycles. The van der Waals surface area contributed by atoms with Crippen LogP contribution in [0.1, 0.15) is 18.9 Å². The number of esters is 1. The first-order chi connectivity index (χ1) is 8.60. The molecule has 1 aromatic carbocycles. The number of carbonyl (C=O) groups excluding carboxylic acids is 1. The molecule has 1 rings (SSSR count). The molecular formula is C14H20O4. The van der Waals surface area contributed by atoms with Crippen LogP contribution >= 0.6 is 0 Å². The van der Waals surface area contributed by atoms with E-state index in [2.05, 4.69) is 0 Å². The molecular weight excluding hydrogens is 232 g/mol. The van der Waals surface area contributed by atoms with Crippen molar-refractivity contribution >= 4 is 5.97 Å². The summed E-state index contributed by atoms with van der Waals surface area (Å²) in [7, 11) is 2.82. The molecule has 0 radical (unpaired) electrons. The third-order valence-electron chi connectivity index (χ3n) is 3.11. The van der Waals surface area contributed by atoms with Crippen LogP contribution in [0, 0.1) is 5.92 Å². The summed E-state index contributed by atoms with van der Waals surface area (Å²) < 4.78 is 9.84. The summed E-state index contributed by atoms with van der Waals surface area (Å²) in [5.74, 6) is -1.08. The lowest BCUT2D eigenvalue weighted by Gasteiger charge is -2.33. The monoisotopic (exact) mass is 252 g/mol. The first-order valence-corrected chi connectivity index (χ1v) is 5.94. The van der Waals surface area contributed by atoms with Gasteiger partial charge in [-0.25, -0.2) is 0 Å². The standard InChI is InChI=1S/C14H20O4/c1-4-12(13(15)18-3)14(16,10-17-2)11-8-6-5-7-9-11/h5-9,12,16H,4,10H2,1-3H3. The molecule has 0 aliphatic rings. The average Bonchev–Trinajstić information content (AvgIpc) is 2.40. The van der Waals surface area contributed by atoms with Gasteiger partial charge in [-0.05, 0) is 12.0 Å². The molecule has 2 atom stereocenters. The molecule has 4 nitrogen and oxygen atoms in total. The Hall–Kier alpha value is -1.39. The van der Waals surface area contributed by atoms with E-state index in [0.29, 0.717) is 12.0 Å². The number of rotatable bonds is 6. The predicted octanol–water partition coefficient (Wildman–Crippen LogP) is 1.72. The van der Waals surface area contributed by atoms with Crippen LogP contribution in [0.5, 0.6) is 0 Å². The van der Waals surface area contributed by atoms with Gasteiger partial charge in [0.25, 0.3) is 0 Å². The van der Waals surface area contributed by atoms with Crippen molar-refractivity contribution in [1.29, 1.82) is 0 Å². The van der Waals surface area contributed by atoms with Crippen molar-refractivity contribution in [3.63, 3.8) is 0 Å². The number of aliphatic hydroxyl groups is 1. The lowest BCUT2D eigenvalue weighted by atomic mass is 9.80. The summed E-state index contributed by atoms with van der Waals surface area (Å²) in [6, 6.07) is 9.06. The zero-order valence-electron chi connectivity index (χ0n) is 11.1. The highest BCUT2D eigenvalue weighted by Crippen LogP contribution is 2.33. The maximum Gasteiger partial charge on any atom is 0.312 e. The lowest BCUT2D eigenvalue weighted by Crippen LogP contribution is -2.43. The van der Waals surface area contributed by atoms with Crippen molar-refractivity contribution in [3.8, 4) is 0 Å². The molecule has 0 aromatic heterocycles. The number of hydrogen-bond acceptors (Lipinski definition) is 4. The van der Waals surface area contributed by atoms with E-state index < -0.39 is 17.5 Å². The molecule has 0 bridgehead atoms. The molecule has 0 spiro atoms. The highest BCUT2D eigenvalue weighted by molar-refractivity contribution is 5.74. The Balaban J connectivity index is 3.17. The van der Waals surface area contributed by atoms with Crippen LogP contribution in [0.2, 0.25) is 0 Å². The molecule has 0 aliphatic heterocycles. The number of hydrogen-bond donors (Lipinski definition) is 1. The van der Waals surface area contributed by atoms with E-state index in [0.717, 1.165) is 0 Å². The fraction of sp³-hybridized carbons (Fsp3) is 0.500. The quantitative estimate of drug-likeness (QED) is 0.783. The van der Waals surface area contributed by atoms with E-state index in [1.165, 1.54) is 14.2 Å². The molecule has 1 aromatic rings. The Kier molecular flexibility index (Phi) is 5.31. The third-order valence-corrected chi connectivity index (χ3v) is 3.11. The largest absolute Gasteiger partial charge is 0.469 e. The van der Waals surface area contributed by atoms with Crippen molar-refractivity contribution in [2.75, 3.05) is 20.8 Å². The zero-order valence-corrected chi connectivity index (χ0v) is 11.1. The van der Waals surface area contributed by atoms with Gasteiger partial charge in [0.15, 0.2) is 0 Å². The minimum Gasteiger partial charge on any atom is -0.469 e. The fourth-order valence-corrected chi connectivity index (χ4v) is 2.17. The third kappa shape index (κ3) is 2.89. The van der Waals surface area contributed by atoms with Crippen LogP contribution in [0.25, 0.3) is 0 Å². The SMILES string of the molecule is CCC(C(=O)OC)C(O)(COC)c1ccccc1. The summed E-state index contributed by atoms with van der Waals surface area (Å²) >= 11 is 0. The van der Waals surface area contributed by atoms with Gasteiger partial charge in [-0.15, -0.1) is 0 Å². The molecule has 100 valence electrons. The summed E-state index contributed by atoms with van der Waals surface area (Å²) in [6.45, 7) is 1.88. The van der Waals surface area contributed by atoms with Crippen molar-refractivity contribution in [2.45, 2.75) is 18.9 Å². The second kappa shape index (κ2) is 6.52. The van der Waals surface area contributed by atoms with Gasteiger partial charge >= 0.3 is 5.97 Å². The van der Waals surface area contributed by atoms with Crippen molar-refractivity contribution in [2.24, 2.45) is 5.92 Å². The van der Waals surface area contributed by atoms with Crippen LogP contribution < -0.4 is 0 Å². The van der Waals surface area contributed by atoms with Gasteiger partial charge in [-0.2, -0.15) is 0 Å². The van der Waals surface area contributed by atoms with Gasteiger partial charge < -0.3 is 14.6 Å². The van der Waals surface area contributed by atoms with Gasteiger partial charge in [0.2, 0.25) is 0 Å². The summed E-state index contributed by atoms with van der Waals surface area (Å²) in [5.41, 5.74) is -0.707. The molecule has 1 N–H and O–H groups in total. The topological polar surface area (TPSA) is 55.8 Å². The smallest absolute Gasteiger partial charge is 0.312 e. The van der Waals surface area contributed by atoms with Crippen LogP contribution in [0.3, 0.4) is 0 Å². The van der Waals surface area contributed by atoms with Crippen LogP contribution in [0.15, 0.2) is 30.3 Å². The minimum absolute atomic E-state index is 0.0462. The normalized spacial score (nSPS) is 15.8. The maximum atomic E-state index is 11.8. The second-order valence-electron chi connectivity index (χ2n) is 4.21. The van der Waals surface area contributed by atoms with E-state index in [1.807, 2.05) is 25.1 Å². The zero-order chi connectivity index (χ0) is 13.6. The molecule has 4 heteroatoms. The van der Waals surface area contributed by atoms with Crippen molar-refractivity contribution < 1.29 is 19.4 Å². The average molecular weight is 252 g/mol. The Labute approximate surface area is 108 Å². The summed E-state index contributed by atoms with van der Waals surface area (Å²) in [6.07, 6.45) is 0.474. The molecule has 18 heavy (non-hydrogen) atoms. The number of benzene rings is 1. The van der Waals surface area contributed by atoms with E-state index in [9.17, 15) is 9.90 Å². The second-order valence-corrected chi connectivity index (χ2v) is 4.21. The van der Waals surface area contributed by atoms with E-state index in [4.69, 9.17) is 9.47 Å². The van der Waals surface area contributed by atoms with Crippen molar-refractivity contribution in [3.05, 3.63) is 35.9 Å². The summed E-state index contributed by atoms with van der Waals surface area (Å²) in [5, 5.41) is 10.8. The van der Waals surface area contributed by atoms with Crippen LogP contribution in [-0.2, 0) is 19.9 Å². The number of ether oxygens (including phenoxy) is 2. The van der Waals surface area contributed by atoms with Gasteiger partial charge in [-0.3, -0.25) is 4.79 Å². The first-order valence-electron chi connectivity index (χ1n) is 5.94. The molecule has 0 heterocycles. The highest BCUT2D eigenvalue weighted by atomic mass is 16.5. The van der Waals surface area contributed by atoms with Crippen LogP contribution in [0.4, 0.5) is 0 Å². The Morgan fingerprint density at radius 3 is 2.39 bits per heavy atom. The predicted molar refractivity (Wildman–Crippen MR) is 68.0 cm³/mol. The number of methoxy groups -OCH3 is 2. The Morgan fingerprint density at radius 1 is 1.33 bits per heavy atom. The Morgan fingerprint density at radius 2 is 1.94 bits per heavy atom. The molecule has 0 saturated heterocycles. The lowest BCUT2D eigenvalue weighted by molar-refractivity contribution is -0.162. The van der Waals surface area contributed by atoms with Crippen LogP contribution in [-0.4, -0.2) is 31.9 Å². The summed E-state index contributed by atoms with van der Waals surface area (Å²) in [4.78, 5) is 11.8. The van der Waals surface area contributed by atoms with E-state index in [1.54, 1.807) is 12.1 Å². The van der Waals surface area contributed by atoms with Gasteiger partial charge in [0.05, 0.1) is 19.6 Å². The van der Waals surface area contributed by atoms with E-state index >= 15 is 0 Å². The highest BCUT2D eigenvalue weighted by Gasteiger charge is 2.42. The molecule has 0 saturated carbocycles. The van der Waals surface area contributed by atoms with Gasteiger partial charge in [0.1, 0.15) is 5.60 Å². The fourth-order valence-electron chi connectivity index (χ4n) is 2.17. The molecule has 0 fully saturated rings. The first kappa shape index (κ1) is 14.7.